The Kier molecular flexibility index (Phi) is 10.2. The molecule has 1 aliphatic heterocycles. The number of hydrogen-bond acceptors (Lipinski definition) is 6. The number of nitrogens with one attached hydrogen (secondary N) is 1. The van der Waals surface area contributed by atoms with Gasteiger partial charge in [-0.1, -0.05) is 54.4 Å². The van der Waals surface area contributed by atoms with Crippen molar-refractivity contribution in [3.05, 3.63) is 82.3 Å². The molecular weight excluding hydrogens is 601 g/mol. The molecule has 0 bridgehead atoms. The highest BCUT2D eigenvalue weighted by Gasteiger charge is 2.34. The van der Waals surface area contributed by atoms with Gasteiger partial charge in [-0.05, 0) is 62.2 Å². The average molecular weight is 635 g/mol. The molecule has 0 fully saturated rings. The van der Waals surface area contributed by atoms with E-state index < -0.39 is 28.5 Å². The molecular formula is C30H33Cl2N3O6S. The molecule has 1 atom stereocenters. The van der Waals surface area contributed by atoms with Crippen molar-refractivity contribution >= 4 is 50.7 Å². The minimum absolute atomic E-state index is 0.000107. The number of ether oxygens (including phenoxy) is 2. The zero-order chi connectivity index (χ0) is 30.4. The third-order valence-electron chi connectivity index (χ3n) is 6.58. The van der Waals surface area contributed by atoms with E-state index in [4.69, 9.17) is 32.7 Å². The molecule has 1 aliphatic rings. The molecule has 9 nitrogen and oxygen atoms in total. The zero-order valence-electron chi connectivity index (χ0n) is 23.5. The Morgan fingerprint density at radius 2 is 1.62 bits per heavy atom. The predicted molar refractivity (Wildman–Crippen MR) is 163 cm³/mol. The summed E-state index contributed by atoms with van der Waals surface area (Å²) in [7, 11) is -4.22. The van der Waals surface area contributed by atoms with Crippen molar-refractivity contribution in [3.63, 3.8) is 0 Å². The molecule has 3 aromatic carbocycles. The van der Waals surface area contributed by atoms with E-state index in [0.717, 1.165) is 4.31 Å². The number of fused-ring (bicyclic) bond motifs is 1. The fraction of sp³-hybridized carbons (Fsp3) is 0.333. The monoisotopic (exact) mass is 633 g/mol. The fourth-order valence-electron chi connectivity index (χ4n) is 4.57. The van der Waals surface area contributed by atoms with Crippen LogP contribution in [0.25, 0.3) is 0 Å². The third-order valence-corrected chi connectivity index (χ3v) is 9.10. The normalized spacial score (nSPS) is 13.4. The number of anilines is 1. The van der Waals surface area contributed by atoms with E-state index >= 15 is 0 Å². The number of rotatable bonds is 11. The average Bonchev–Trinajstić information content (AvgIpc) is 2.97. The Balaban J connectivity index is 1.76. The van der Waals surface area contributed by atoms with Gasteiger partial charge in [0.05, 0.1) is 20.6 Å². The van der Waals surface area contributed by atoms with Crippen molar-refractivity contribution in [2.75, 3.05) is 24.1 Å². The van der Waals surface area contributed by atoms with Crippen molar-refractivity contribution in [2.45, 2.75) is 50.7 Å². The molecule has 0 aromatic heterocycles. The number of nitrogens with zero attached hydrogens (tertiary/aromatic N) is 2. The second kappa shape index (κ2) is 13.7. The molecule has 2 amide bonds. The van der Waals surface area contributed by atoms with Crippen molar-refractivity contribution < 1.29 is 27.5 Å². The van der Waals surface area contributed by atoms with Gasteiger partial charge in [0, 0.05) is 18.7 Å². The molecule has 0 saturated carbocycles. The van der Waals surface area contributed by atoms with E-state index in [1.165, 1.54) is 23.1 Å². The summed E-state index contributed by atoms with van der Waals surface area (Å²) >= 11 is 12.4. The molecule has 42 heavy (non-hydrogen) atoms. The molecule has 224 valence electrons. The summed E-state index contributed by atoms with van der Waals surface area (Å²) in [5, 5.41) is 3.51. The van der Waals surface area contributed by atoms with Gasteiger partial charge in [0.25, 0.3) is 10.0 Å². The van der Waals surface area contributed by atoms with Gasteiger partial charge in [-0.3, -0.25) is 13.9 Å². The summed E-state index contributed by atoms with van der Waals surface area (Å²) in [6, 6.07) is 16.4. The van der Waals surface area contributed by atoms with E-state index in [0.29, 0.717) is 46.7 Å². The van der Waals surface area contributed by atoms with Gasteiger partial charge in [-0.2, -0.15) is 0 Å². The van der Waals surface area contributed by atoms with Crippen LogP contribution in [-0.2, 0) is 26.2 Å². The molecule has 0 unspecified atom stereocenters. The first-order chi connectivity index (χ1) is 20.0. The summed E-state index contributed by atoms with van der Waals surface area (Å²) < 4.78 is 40.3. The summed E-state index contributed by atoms with van der Waals surface area (Å²) in [6.45, 7) is 5.54. The Hall–Kier alpha value is -3.47. The van der Waals surface area contributed by atoms with E-state index in [1.807, 2.05) is 13.8 Å². The van der Waals surface area contributed by atoms with Gasteiger partial charge in [-0.15, -0.1) is 0 Å². The van der Waals surface area contributed by atoms with Gasteiger partial charge in [0.1, 0.15) is 25.8 Å². The van der Waals surface area contributed by atoms with Gasteiger partial charge < -0.3 is 19.7 Å². The smallest absolute Gasteiger partial charge is 0.264 e. The Morgan fingerprint density at radius 1 is 0.929 bits per heavy atom. The Morgan fingerprint density at radius 3 is 2.26 bits per heavy atom. The van der Waals surface area contributed by atoms with E-state index in [2.05, 4.69) is 5.32 Å². The van der Waals surface area contributed by atoms with Crippen LogP contribution in [0.15, 0.2) is 71.6 Å². The van der Waals surface area contributed by atoms with Crippen LogP contribution in [0, 0.1) is 0 Å². The third kappa shape index (κ3) is 7.29. The lowest BCUT2D eigenvalue weighted by Crippen LogP contribution is -2.53. The predicted octanol–water partition coefficient (Wildman–Crippen LogP) is 5.29. The van der Waals surface area contributed by atoms with Crippen LogP contribution in [0.4, 0.5) is 5.69 Å². The first kappa shape index (κ1) is 31.5. The highest BCUT2D eigenvalue weighted by Crippen LogP contribution is 2.36. The number of carbonyl (C=O) groups excluding carboxylic acids is 2. The van der Waals surface area contributed by atoms with Crippen molar-refractivity contribution in [1.29, 1.82) is 0 Å². The van der Waals surface area contributed by atoms with Crippen LogP contribution in [0.3, 0.4) is 0 Å². The maximum Gasteiger partial charge on any atom is 0.264 e. The standard InChI is InChI=1S/C30H33Cl2N3O6S/c1-4-26(30(37)33-20(2)3)34(18-21-10-12-24(31)25(32)16-21)29(36)19-35(42(38,39)23-8-6-5-7-9-23)22-11-13-27-28(17-22)41-15-14-40-27/h5-13,16-17,20,26H,4,14-15,18-19H2,1-3H3,(H,33,37)/t26-/m1/s1. The first-order valence-electron chi connectivity index (χ1n) is 13.5. The summed E-state index contributed by atoms with van der Waals surface area (Å²) in [5.41, 5.74) is 0.843. The SMILES string of the molecule is CC[C@H](C(=O)NC(C)C)N(Cc1ccc(Cl)c(Cl)c1)C(=O)CN(c1ccc2c(c1)OCCO2)S(=O)(=O)c1ccccc1. The molecule has 12 heteroatoms. The van der Waals surface area contributed by atoms with Gasteiger partial charge in [0.15, 0.2) is 11.5 Å². The number of sulfonamides is 1. The van der Waals surface area contributed by atoms with E-state index in [1.54, 1.807) is 55.5 Å². The molecule has 4 rings (SSSR count). The van der Waals surface area contributed by atoms with Crippen LogP contribution in [0.5, 0.6) is 11.5 Å². The Bertz CT molecular complexity index is 1540. The van der Waals surface area contributed by atoms with Crippen LogP contribution in [-0.4, -0.2) is 57.0 Å². The summed E-state index contributed by atoms with van der Waals surface area (Å²) in [6.07, 6.45) is 0.293. The number of carbonyl (C=O) groups is 2. The highest BCUT2D eigenvalue weighted by atomic mass is 35.5. The lowest BCUT2D eigenvalue weighted by molar-refractivity contribution is -0.140. The van der Waals surface area contributed by atoms with E-state index in [9.17, 15) is 18.0 Å². The van der Waals surface area contributed by atoms with Crippen LogP contribution in [0.2, 0.25) is 10.0 Å². The van der Waals surface area contributed by atoms with Crippen molar-refractivity contribution in [2.24, 2.45) is 0 Å². The topological polar surface area (TPSA) is 105 Å². The number of benzene rings is 3. The minimum atomic E-state index is -4.22. The first-order valence-corrected chi connectivity index (χ1v) is 15.7. The molecule has 1 heterocycles. The molecule has 0 radical (unpaired) electrons. The molecule has 0 spiro atoms. The largest absolute Gasteiger partial charge is 0.486 e. The van der Waals surface area contributed by atoms with Crippen LogP contribution < -0.4 is 19.1 Å². The Labute approximate surface area is 256 Å². The number of hydrogen-bond donors (Lipinski definition) is 1. The second-order valence-corrected chi connectivity index (χ2v) is 12.7. The summed E-state index contributed by atoms with van der Waals surface area (Å²) in [4.78, 5) is 28.8. The minimum Gasteiger partial charge on any atom is -0.486 e. The van der Waals surface area contributed by atoms with Gasteiger partial charge >= 0.3 is 0 Å². The lowest BCUT2D eigenvalue weighted by Gasteiger charge is -2.33. The van der Waals surface area contributed by atoms with Crippen molar-refractivity contribution in [1.82, 2.24) is 10.2 Å². The van der Waals surface area contributed by atoms with Gasteiger partial charge in [0.2, 0.25) is 11.8 Å². The lowest BCUT2D eigenvalue weighted by atomic mass is 10.1. The maximum atomic E-state index is 14.2. The zero-order valence-corrected chi connectivity index (χ0v) is 25.9. The maximum absolute atomic E-state index is 14.2. The van der Waals surface area contributed by atoms with E-state index in [-0.39, 0.29) is 29.1 Å². The second-order valence-electron chi connectivity index (χ2n) is 10.0. The quantitative estimate of drug-likeness (QED) is 0.308. The summed E-state index contributed by atoms with van der Waals surface area (Å²) in [5.74, 6) is -0.0835. The fourth-order valence-corrected chi connectivity index (χ4v) is 6.32. The molecule has 0 aliphatic carbocycles. The highest BCUT2D eigenvalue weighted by molar-refractivity contribution is 7.92. The van der Waals surface area contributed by atoms with Crippen LogP contribution >= 0.6 is 23.2 Å². The number of amides is 2. The molecule has 0 saturated heterocycles. The molecule has 1 N–H and O–H groups in total. The van der Waals surface area contributed by atoms with Crippen molar-refractivity contribution in [3.8, 4) is 11.5 Å². The number of halogens is 2. The van der Waals surface area contributed by atoms with Crippen LogP contribution in [0.1, 0.15) is 32.8 Å². The van der Waals surface area contributed by atoms with Gasteiger partial charge in [-0.25, -0.2) is 8.42 Å². The molecule has 3 aromatic rings.